The van der Waals surface area contributed by atoms with Crippen LogP contribution in [0.3, 0.4) is 0 Å². The van der Waals surface area contributed by atoms with Crippen LogP contribution in [0.1, 0.15) is 31.4 Å². The normalized spacial score (nSPS) is 20.6. The van der Waals surface area contributed by atoms with Gasteiger partial charge in [-0.05, 0) is 37.1 Å². The molecule has 1 N–H and O–H groups in total. The highest BCUT2D eigenvalue weighted by molar-refractivity contribution is 5.84. The Morgan fingerprint density at radius 1 is 1.33 bits per heavy atom. The molecule has 1 atom stereocenters. The van der Waals surface area contributed by atoms with E-state index in [2.05, 4.69) is 30.1 Å². The third kappa shape index (κ3) is 3.11. The van der Waals surface area contributed by atoms with Gasteiger partial charge < -0.3 is 9.64 Å². The lowest BCUT2D eigenvalue weighted by Crippen LogP contribution is -2.50. The average Bonchev–Trinajstić information content (AvgIpc) is 2.91. The summed E-state index contributed by atoms with van der Waals surface area (Å²) in [7, 11) is 1.47. The minimum absolute atomic E-state index is 0.174. The molecule has 1 aliphatic rings. The summed E-state index contributed by atoms with van der Waals surface area (Å²) < 4.78 is 5.09. The molecule has 0 heterocycles. The Morgan fingerprint density at radius 3 is 2.71 bits per heavy atom. The number of rotatable bonds is 7. The molecule has 0 aliphatic heterocycles. The van der Waals surface area contributed by atoms with Crippen LogP contribution in [0.15, 0.2) is 24.3 Å². The summed E-state index contributed by atoms with van der Waals surface area (Å²) in [5.41, 5.74) is 1.66. The predicted octanol–water partition coefficient (Wildman–Crippen LogP) is 1.93. The molecule has 0 bridgehead atoms. The van der Waals surface area contributed by atoms with Crippen molar-refractivity contribution >= 4 is 5.97 Å². The maximum atomic E-state index is 12.4. The highest BCUT2D eigenvalue weighted by Crippen LogP contribution is 2.37. The summed E-state index contributed by atoms with van der Waals surface area (Å²) in [4.78, 5) is 14.8. The van der Waals surface area contributed by atoms with Gasteiger partial charge in [0, 0.05) is 13.1 Å². The predicted molar refractivity (Wildman–Crippen MR) is 84.2 cm³/mol. The maximum Gasteiger partial charge on any atom is 0.330 e. The molecule has 0 saturated heterocycles. The van der Waals surface area contributed by atoms with Gasteiger partial charge >= 0.3 is 5.97 Å². The summed E-state index contributed by atoms with van der Waals surface area (Å²) in [6.07, 6.45) is 1.70. The smallest absolute Gasteiger partial charge is 0.330 e. The quantitative estimate of drug-likeness (QED) is 0.779. The second kappa shape index (κ2) is 7.05. The molecule has 21 heavy (non-hydrogen) atoms. The number of esters is 1. The van der Waals surface area contributed by atoms with Crippen LogP contribution >= 0.6 is 0 Å². The summed E-state index contributed by atoms with van der Waals surface area (Å²) >= 11 is 0. The van der Waals surface area contributed by atoms with E-state index in [1.54, 1.807) is 0 Å². The number of hydrogen-bond acceptors (Lipinski definition) is 4. The average molecular weight is 290 g/mol. The molecule has 1 unspecified atom stereocenters. The van der Waals surface area contributed by atoms with Crippen LogP contribution in [0.5, 0.6) is 0 Å². The Labute approximate surface area is 127 Å². The van der Waals surface area contributed by atoms with Gasteiger partial charge in [0.05, 0.1) is 7.11 Å². The van der Waals surface area contributed by atoms with Gasteiger partial charge in [-0.1, -0.05) is 38.1 Å². The number of carbonyl (C=O) groups excluding carboxylic acids is 1. The topological polar surface area (TPSA) is 41.6 Å². The van der Waals surface area contributed by atoms with E-state index in [0.717, 1.165) is 44.6 Å². The fourth-order valence-electron chi connectivity index (χ4n) is 3.22. The van der Waals surface area contributed by atoms with Crippen molar-refractivity contribution in [3.05, 3.63) is 35.4 Å². The summed E-state index contributed by atoms with van der Waals surface area (Å²) in [5.74, 6) is -0.174. The number of hydrogen-bond donors (Lipinski definition) is 1. The Balaban J connectivity index is 2.15. The van der Waals surface area contributed by atoms with Crippen molar-refractivity contribution in [3.63, 3.8) is 0 Å². The molecule has 0 amide bonds. The van der Waals surface area contributed by atoms with Crippen LogP contribution in [0.2, 0.25) is 0 Å². The van der Waals surface area contributed by atoms with Crippen molar-refractivity contribution < 1.29 is 9.53 Å². The fourth-order valence-corrected chi connectivity index (χ4v) is 3.22. The number of methoxy groups -OCH3 is 1. The molecule has 2 rings (SSSR count). The Morgan fingerprint density at radius 2 is 2.05 bits per heavy atom. The van der Waals surface area contributed by atoms with E-state index < -0.39 is 5.54 Å². The molecular formula is C17H26N2O2. The minimum Gasteiger partial charge on any atom is -0.467 e. The van der Waals surface area contributed by atoms with Gasteiger partial charge in [0.2, 0.25) is 0 Å². The van der Waals surface area contributed by atoms with Crippen LogP contribution in [0, 0.1) is 0 Å². The lowest BCUT2D eigenvalue weighted by Gasteiger charge is -2.30. The molecule has 4 nitrogen and oxygen atoms in total. The van der Waals surface area contributed by atoms with Gasteiger partial charge in [0.25, 0.3) is 0 Å². The summed E-state index contributed by atoms with van der Waals surface area (Å²) in [6.45, 7) is 8.09. The van der Waals surface area contributed by atoms with Crippen LogP contribution < -0.4 is 5.32 Å². The van der Waals surface area contributed by atoms with Crippen LogP contribution in [0.4, 0.5) is 0 Å². The second-order valence-electron chi connectivity index (χ2n) is 5.51. The Kier molecular flexibility index (Phi) is 5.37. The van der Waals surface area contributed by atoms with Crippen molar-refractivity contribution in [1.82, 2.24) is 10.2 Å². The van der Waals surface area contributed by atoms with Crippen LogP contribution in [-0.2, 0) is 21.5 Å². The zero-order valence-electron chi connectivity index (χ0n) is 13.3. The molecule has 1 aromatic rings. The molecule has 116 valence electrons. The van der Waals surface area contributed by atoms with E-state index in [-0.39, 0.29) is 5.97 Å². The Bertz CT molecular complexity index is 485. The molecular weight excluding hydrogens is 264 g/mol. The van der Waals surface area contributed by atoms with E-state index >= 15 is 0 Å². The molecule has 1 aliphatic carbocycles. The standard InChI is InChI=1S/C17H26N2O2/c1-4-19(5-2)13-12-18-17(16(20)21-3)11-10-14-8-6-7-9-15(14)17/h6-9,18H,4-5,10-13H2,1-3H3. The zero-order valence-corrected chi connectivity index (χ0v) is 13.3. The molecule has 0 saturated carbocycles. The van der Waals surface area contributed by atoms with E-state index in [1.165, 1.54) is 12.7 Å². The highest BCUT2D eigenvalue weighted by Gasteiger charge is 2.45. The Hall–Kier alpha value is -1.39. The first-order chi connectivity index (χ1) is 10.2. The number of nitrogens with zero attached hydrogens (tertiary/aromatic N) is 1. The summed E-state index contributed by atoms with van der Waals surface area (Å²) in [5, 5.41) is 3.48. The monoisotopic (exact) mass is 290 g/mol. The number of benzene rings is 1. The lowest BCUT2D eigenvalue weighted by molar-refractivity contribution is -0.149. The fraction of sp³-hybridized carbons (Fsp3) is 0.588. The number of ether oxygens (including phenoxy) is 1. The van der Waals surface area contributed by atoms with Gasteiger partial charge in [0.1, 0.15) is 5.54 Å². The number of likely N-dealkylation sites (N-methyl/N-ethyl adjacent to an activating group) is 1. The van der Waals surface area contributed by atoms with Gasteiger partial charge in [-0.15, -0.1) is 0 Å². The van der Waals surface area contributed by atoms with Crippen molar-refractivity contribution in [1.29, 1.82) is 0 Å². The molecule has 0 spiro atoms. The largest absolute Gasteiger partial charge is 0.467 e. The molecule has 1 aromatic carbocycles. The van der Waals surface area contributed by atoms with Crippen LogP contribution in [-0.4, -0.2) is 44.2 Å². The third-order valence-electron chi connectivity index (χ3n) is 4.53. The molecule has 4 heteroatoms. The van der Waals surface area contributed by atoms with Gasteiger partial charge in [0.15, 0.2) is 0 Å². The van der Waals surface area contributed by atoms with Gasteiger partial charge in [-0.25, -0.2) is 4.79 Å². The number of nitrogens with one attached hydrogen (secondary N) is 1. The van der Waals surface area contributed by atoms with Gasteiger partial charge in [-0.3, -0.25) is 5.32 Å². The number of fused-ring (bicyclic) bond motifs is 1. The first-order valence-electron chi connectivity index (χ1n) is 7.82. The van der Waals surface area contributed by atoms with Crippen molar-refractivity contribution in [2.75, 3.05) is 33.3 Å². The SMILES string of the molecule is CCN(CC)CCNC1(C(=O)OC)CCc2ccccc21. The third-order valence-corrected chi connectivity index (χ3v) is 4.53. The first-order valence-corrected chi connectivity index (χ1v) is 7.82. The number of aryl methyl sites for hydroxylation is 1. The van der Waals surface area contributed by atoms with E-state index in [9.17, 15) is 4.79 Å². The lowest BCUT2D eigenvalue weighted by atomic mass is 9.91. The summed E-state index contributed by atoms with van der Waals surface area (Å²) in [6, 6.07) is 8.17. The van der Waals surface area contributed by atoms with Crippen LogP contribution in [0.25, 0.3) is 0 Å². The van der Waals surface area contributed by atoms with E-state index in [0.29, 0.717) is 0 Å². The van der Waals surface area contributed by atoms with Crippen molar-refractivity contribution in [3.8, 4) is 0 Å². The molecule has 0 aromatic heterocycles. The zero-order chi connectivity index (χ0) is 15.3. The number of carbonyl (C=O) groups is 1. The van der Waals surface area contributed by atoms with E-state index in [4.69, 9.17) is 4.74 Å². The second-order valence-corrected chi connectivity index (χ2v) is 5.51. The molecule has 0 radical (unpaired) electrons. The van der Waals surface area contributed by atoms with E-state index in [1.807, 2.05) is 18.2 Å². The highest BCUT2D eigenvalue weighted by atomic mass is 16.5. The van der Waals surface area contributed by atoms with Gasteiger partial charge in [-0.2, -0.15) is 0 Å². The minimum atomic E-state index is -0.668. The maximum absolute atomic E-state index is 12.4. The molecule has 0 fully saturated rings. The van der Waals surface area contributed by atoms with Crippen molar-refractivity contribution in [2.45, 2.75) is 32.2 Å². The van der Waals surface area contributed by atoms with Crippen molar-refractivity contribution in [2.24, 2.45) is 0 Å². The first kappa shape index (κ1) is 16.0.